The van der Waals surface area contributed by atoms with Crippen molar-refractivity contribution in [1.29, 1.82) is 0 Å². The molecule has 0 aromatic carbocycles. The Morgan fingerprint density at radius 3 is 2.69 bits per heavy atom. The fourth-order valence-corrected chi connectivity index (χ4v) is 1.11. The highest BCUT2D eigenvalue weighted by molar-refractivity contribution is 7.98. The van der Waals surface area contributed by atoms with Crippen LogP contribution in [0, 0.1) is 5.92 Å². The van der Waals surface area contributed by atoms with Crippen molar-refractivity contribution in [3.8, 4) is 0 Å². The van der Waals surface area contributed by atoms with E-state index < -0.39 is 0 Å². The Balaban J connectivity index is 3.20. The molecular formula is C9H20N2OS. The highest BCUT2D eigenvalue weighted by Crippen LogP contribution is 1.87. The van der Waals surface area contributed by atoms with Crippen LogP contribution in [-0.2, 0) is 4.79 Å². The van der Waals surface area contributed by atoms with Gasteiger partial charge in [-0.15, -0.1) is 0 Å². The predicted molar refractivity (Wildman–Crippen MR) is 59.1 cm³/mol. The Hall–Kier alpha value is -0.220. The van der Waals surface area contributed by atoms with E-state index in [-0.39, 0.29) is 5.91 Å². The van der Waals surface area contributed by atoms with Crippen LogP contribution in [0.1, 0.15) is 13.8 Å². The van der Waals surface area contributed by atoms with Gasteiger partial charge in [0.15, 0.2) is 0 Å². The van der Waals surface area contributed by atoms with Crippen molar-refractivity contribution < 1.29 is 4.79 Å². The van der Waals surface area contributed by atoms with Crippen molar-refractivity contribution in [3.63, 3.8) is 0 Å². The molecule has 0 spiro atoms. The monoisotopic (exact) mass is 204 g/mol. The molecule has 3 nitrogen and oxygen atoms in total. The van der Waals surface area contributed by atoms with Gasteiger partial charge in [-0.2, -0.15) is 11.8 Å². The minimum atomic E-state index is 0.0924. The van der Waals surface area contributed by atoms with E-state index in [2.05, 4.69) is 30.7 Å². The first-order valence-electron chi connectivity index (χ1n) is 4.63. The van der Waals surface area contributed by atoms with E-state index in [1.807, 2.05) is 0 Å². The molecule has 1 amide bonds. The smallest absolute Gasteiger partial charge is 0.233 e. The lowest BCUT2D eigenvalue weighted by Gasteiger charge is -2.07. The normalized spacial score (nSPS) is 10.5. The van der Waals surface area contributed by atoms with Gasteiger partial charge in [0.05, 0.1) is 6.54 Å². The molecule has 0 aromatic rings. The quantitative estimate of drug-likeness (QED) is 0.600. The van der Waals surface area contributed by atoms with Crippen LogP contribution in [-0.4, -0.2) is 37.6 Å². The van der Waals surface area contributed by atoms with Crippen molar-refractivity contribution in [2.45, 2.75) is 13.8 Å². The van der Waals surface area contributed by atoms with Crippen LogP contribution in [0.15, 0.2) is 0 Å². The van der Waals surface area contributed by atoms with E-state index in [9.17, 15) is 4.79 Å². The standard InChI is InChI=1S/C9H20N2OS/c1-8(2)6-11-9(12)7-10-4-5-13-3/h8,10H,4-7H2,1-3H3,(H,11,12). The van der Waals surface area contributed by atoms with E-state index in [4.69, 9.17) is 0 Å². The molecule has 0 aliphatic carbocycles. The molecule has 0 unspecified atom stereocenters. The third-order valence-corrected chi connectivity index (χ3v) is 2.09. The zero-order valence-corrected chi connectivity index (χ0v) is 9.54. The Bertz CT molecular complexity index is 140. The molecule has 0 rings (SSSR count). The number of rotatable bonds is 7. The van der Waals surface area contributed by atoms with Crippen LogP contribution < -0.4 is 10.6 Å². The van der Waals surface area contributed by atoms with Crippen LogP contribution in [0.5, 0.6) is 0 Å². The molecular weight excluding hydrogens is 184 g/mol. The van der Waals surface area contributed by atoms with Gasteiger partial charge < -0.3 is 10.6 Å². The van der Waals surface area contributed by atoms with Gasteiger partial charge in [-0.25, -0.2) is 0 Å². The van der Waals surface area contributed by atoms with Gasteiger partial charge >= 0.3 is 0 Å². The molecule has 0 atom stereocenters. The Labute approximate surface area is 85.0 Å². The largest absolute Gasteiger partial charge is 0.355 e. The summed E-state index contributed by atoms with van der Waals surface area (Å²) < 4.78 is 0. The Morgan fingerprint density at radius 1 is 1.46 bits per heavy atom. The molecule has 0 fully saturated rings. The minimum Gasteiger partial charge on any atom is -0.355 e. The Morgan fingerprint density at radius 2 is 2.15 bits per heavy atom. The van der Waals surface area contributed by atoms with Crippen LogP contribution in [0.25, 0.3) is 0 Å². The SMILES string of the molecule is CSCCNCC(=O)NCC(C)C. The van der Waals surface area contributed by atoms with Crippen molar-refractivity contribution in [1.82, 2.24) is 10.6 Å². The van der Waals surface area contributed by atoms with E-state index in [1.165, 1.54) is 0 Å². The van der Waals surface area contributed by atoms with Gasteiger partial charge in [-0.3, -0.25) is 4.79 Å². The summed E-state index contributed by atoms with van der Waals surface area (Å²) in [4.78, 5) is 11.1. The third kappa shape index (κ3) is 9.70. The van der Waals surface area contributed by atoms with Crippen molar-refractivity contribution in [3.05, 3.63) is 0 Å². The maximum Gasteiger partial charge on any atom is 0.233 e. The summed E-state index contributed by atoms with van der Waals surface area (Å²) in [6.07, 6.45) is 2.06. The van der Waals surface area contributed by atoms with Gasteiger partial charge in [0.2, 0.25) is 5.91 Å². The van der Waals surface area contributed by atoms with Crippen LogP contribution in [0.3, 0.4) is 0 Å². The lowest BCUT2D eigenvalue weighted by Crippen LogP contribution is -2.36. The summed E-state index contributed by atoms with van der Waals surface area (Å²) in [6.45, 7) is 6.27. The van der Waals surface area contributed by atoms with Gasteiger partial charge in [-0.05, 0) is 12.2 Å². The van der Waals surface area contributed by atoms with Gasteiger partial charge in [0, 0.05) is 18.8 Å². The zero-order valence-electron chi connectivity index (χ0n) is 8.72. The van der Waals surface area contributed by atoms with Crippen LogP contribution in [0.4, 0.5) is 0 Å². The molecule has 13 heavy (non-hydrogen) atoms. The number of hydrogen-bond donors (Lipinski definition) is 2. The summed E-state index contributed by atoms with van der Waals surface area (Å²) in [5, 5.41) is 5.93. The number of carbonyl (C=O) groups is 1. The van der Waals surface area contributed by atoms with E-state index in [0.717, 1.165) is 18.8 Å². The average Bonchev–Trinajstić information content (AvgIpc) is 2.09. The molecule has 2 N–H and O–H groups in total. The first-order chi connectivity index (χ1) is 6.16. The summed E-state index contributed by atoms with van der Waals surface area (Å²) in [5.41, 5.74) is 0. The second-order valence-electron chi connectivity index (χ2n) is 3.37. The fourth-order valence-electron chi connectivity index (χ4n) is 0.757. The molecule has 78 valence electrons. The predicted octanol–water partition coefficient (Wildman–Crippen LogP) is 0.711. The minimum absolute atomic E-state index is 0.0924. The molecule has 0 aromatic heterocycles. The van der Waals surface area contributed by atoms with Crippen molar-refractivity contribution in [2.75, 3.05) is 31.6 Å². The van der Waals surface area contributed by atoms with E-state index >= 15 is 0 Å². The van der Waals surface area contributed by atoms with Crippen molar-refractivity contribution >= 4 is 17.7 Å². The second-order valence-corrected chi connectivity index (χ2v) is 4.35. The fraction of sp³-hybridized carbons (Fsp3) is 0.889. The van der Waals surface area contributed by atoms with Gasteiger partial charge in [-0.1, -0.05) is 13.8 Å². The number of carbonyl (C=O) groups excluding carboxylic acids is 1. The number of hydrogen-bond acceptors (Lipinski definition) is 3. The lowest BCUT2D eigenvalue weighted by molar-refractivity contribution is -0.120. The molecule has 0 saturated heterocycles. The first-order valence-corrected chi connectivity index (χ1v) is 6.02. The number of thioether (sulfide) groups is 1. The zero-order chi connectivity index (χ0) is 10.1. The van der Waals surface area contributed by atoms with Crippen LogP contribution >= 0.6 is 11.8 Å². The van der Waals surface area contributed by atoms with Crippen molar-refractivity contribution in [2.24, 2.45) is 5.92 Å². The molecule has 0 radical (unpaired) electrons. The summed E-state index contributed by atoms with van der Waals surface area (Å²) >= 11 is 1.78. The number of nitrogens with one attached hydrogen (secondary N) is 2. The first kappa shape index (κ1) is 12.8. The summed E-state index contributed by atoms with van der Waals surface area (Å²) in [5.74, 6) is 1.67. The maximum absolute atomic E-state index is 11.1. The third-order valence-electron chi connectivity index (χ3n) is 1.48. The summed E-state index contributed by atoms with van der Waals surface area (Å²) in [7, 11) is 0. The number of amides is 1. The molecule has 4 heteroatoms. The Kier molecular flexibility index (Phi) is 8.24. The summed E-state index contributed by atoms with van der Waals surface area (Å²) in [6, 6.07) is 0. The topological polar surface area (TPSA) is 41.1 Å². The average molecular weight is 204 g/mol. The van der Waals surface area contributed by atoms with E-state index in [0.29, 0.717) is 12.5 Å². The molecule has 0 saturated carbocycles. The van der Waals surface area contributed by atoms with E-state index in [1.54, 1.807) is 11.8 Å². The van der Waals surface area contributed by atoms with Gasteiger partial charge in [0.25, 0.3) is 0 Å². The molecule has 0 bridgehead atoms. The van der Waals surface area contributed by atoms with Gasteiger partial charge in [0.1, 0.15) is 0 Å². The molecule has 0 aliphatic heterocycles. The highest BCUT2D eigenvalue weighted by Gasteiger charge is 2.00. The highest BCUT2D eigenvalue weighted by atomic mass is 32.2. The maximum atomic E-state index is 11.1. The van der Waals surface area contributed by atoms with Crippen LogP contribution in [0.2, 0.25) is 0 Å². The lowest BCUT2D eigenvalue weighted by atomic mass is 10.2. The molecule has 0 heterocycles. The molecule has 0 aliphatic rings. The second kappa shape index (κ2) is 8.38.